The van der Waals surface area contributed by atoms with E-state index in [2.05, 4.69) is 0 Å². The predicted octanol–water partition coefficient (Wildman–Crippen LogP) is 4.41. The predicted molar refractivity (Wildman–Crippen MR) is 122 cm³/mol. The van der Waals surface area contributed by atoms with Crippen molar-refractivity contribution in [2.75, 3.05) is 13.1 Å². The molecule has 5 nitrogen and oxygen atoms in total. The first kappa shape index (κ1) is 21.6. The van der Waals surface area contributed by atoms with Gasteiger partial charge >= 0.3 is 0 Å². The Kier molecular flexibility index (Phi) is 5.69. The molecular weight excluding hydrogens is 410 g/mol. The third-order valence-electron chi connectivity index (χ3n) is 6.68. The monoisotopic (exact) mass is 439 g/mol. The lowest BCUT2D eigenvalue weighted by atomic mass is 9.97. The van der Waals surface area contributed by atoms with Crippen LogP contribution in [0, 0.1) is 13.8 Å². The molecule has 31 heavy (non-hydrogen) atoms. The summed E-state index contributed by atoms with van der Waals surface area (Å²) in [4.78, 5) is 15.7. The van der Waals surface area contributed by atoms with E-state index in [0.29, 0.717) is 42.8 Å². The van der Waals surface area contributed by atoms with Crippen molar-refractivity contribution in [3.05, 3.63) is 65.2 Å². The third kappa shape index (κ3) is 3.78. The average molecular weight is 440 g/mol. The molecule has 0 spiro atoms. The number of rotatable bonds is 4. The van der Waals surface area contributed by atoms with Crippen LogP contribution in [-0.4, -0.2) is 42.2 Å². The number of phenolic OH excluding ortho intramolecular Hbond substituents is 1. The van der Waals surface area contributed by atoms with E-state index < -0.39 is 14.6 Å². The van der Waals surface area contributed by atoms with Crippen LogP contribution in [0.25, 0.3) is 5.57 Å². The lowest BCUT2D eigenvalue weighted by molar-refractivity contribution is -0.133. The number of sulfone groups is 1. The highest BCUT2D eigenvalue weighted by Crippen LogP contribution is 2.43. The molecule has 2 aromatic rings. The van der Waals surface area contributed by atoms with E-state index in [4.69, 9.17) is 0 Å². The van der Waals surface area contributed by atoms with E-state index in [-0.39, 0.29) is 11.7 Å². The molecule has 1 heterocycles. The minimum absolute atomic E-state index is 0.219. The van der Waals surface area contributed by atoms with Crippen LogP contribution in [0.2, 0.25) is 0 Å². The van der Waals surface area contributed by atoms with Crippen molar-refractivity contribution < 1.29 is 18.3 Å². The van der Waals surface area contributed by atoms with Gasteiger partial charge in [-0.3, -0.25) is 4.79 Å². The standard InChI is InChI=1S/C25H29NO4S/c1-18-5-6-19(2)23(17-18)31(29,30)25(13-3-4-14-25)24(28)26-15-11-21(12-16-26)20-7-9-22(27)10-8-20/h5-11,17,27H,3-4,12-16H2,1-2H3. The summed E-state index contributed by atoms with van der Waals surface area (Å²) in [6.45, 7) is 4.57. The van der Waals surface area contributed by atoms with Gasteiger partial charge in [0.15, 0.2) is 14.6 Å². The fourth-order valence-electron chi connectivity index (χ4n) is 4.83. The second-order valence-electron chi connectivity index (χ2n) is 8.75. The zero-order valence-electron chi connectivity index (χ0n) is 18.1. The third-order valence-corrected chi connectivity index (χ3v) is 9.31. The van der Waals surface area contributed by atoms with Crippen molar-refractivity contribution in [3.8, 4) is 5.75 Å². The molecule has 164 valence electrons. The van der Waals surface area contributed by atoms with Crippen LogP contribution in [-0.2, 0) is 14.6 Å². The summed E-state index contributed by atoms with van der Waals surface area (Å²) in [5, 5.41) is 9.50. The number of nitrogens with zero attached hydrogens (tertiary/aromatic N) is 1. The Bertz CT molecular complexity index is 1130. The normalized spacial score (nSPS) is 18.6. The van der Waals surface area contributed by atoms with Crippen LogP contribution in [0.4, 0.5) is 0 Å². The molecule has 0 saturated heterocycles. The number of hydrogen-bond acceptors (Lipinski definition) is 4. The summed E-state index contributed by atoms with van der Waals surface area (Å²) in [5.41, 5.74) is 3.70. The van der Waals surface area contributed by atoms with Crippen molar-refractivity contribution in [1.29, 1.82) is 0 Å². The van der Waals surface area contributed by atoms with E-state index in [1.165, 1.54) is 0 Å². The molecule has 0 radical (unpaired) electrons. The van der Waals surface area contributed by atoms with Gasteiger partial charge in [0.2, 0.25) is 5.91 Å². The first-order valence-corrected chi connectivity index (χ1v) is 12.3. The van der Waals surface area contributed by atoms with Gasteiger partial charge in [-0.1, -0.05) is 43.2 Å². The number of aryl methyl sites for hydroxylation is 2. The van der Waals surface area contributed by atoms with Gasteiger partial charge in [-0.2, -0.15) is 0 Å². The number of amides is 1. The quantitative estimate of drug-likeness (QED) is 0.766. The highest BCUT2D eigenvalue weighted by atomic mass is 32.2. The molecule has 1 fully saturated rings. The molecule has 1 saturated carbocycles. The Morgan fingerprint density at radius 3 is 2.32 bits per heavy atom. The smallest absolute Gasteiger partial charge is 0.244 e. The summed E-state index contributed by atoms with van der Waals surface area (Å²) in [7, 11) is -3.81. The zero-order chi connectivity index (χ0) is 22.2. The van der Waals surface area contributed by atoms with Gasteiger partial charge in [-0.25, -0.2) is 8.42 Å². The average Bonchev–Trinajstić information content (AvgIpc) is 3.27. The van der Waals surface area contributed by atoms with Gasteiger partial charge in [0.05, 0.1) is 4.90 Å². The Morgan fingerprint density at radius 1 is 1.03 bits per heavy atom. The van der Waals surface area contributed by atoms with Crippen molar-refractivity contribution in [2.24, 2.45) is 0 Å². The second kappa shape index (κ2) is 8.15. The highest BCUT2D eigenvalue weighted by Gasteiger charge is 2.54. The minimum Gasteiger partial charge on any atom is -0.508 e. The maximum atomic E-state index is 13.8. The number of carbonyl (C=O) groups excluding carboxylic acids is 1. The Labute approximate surface area is 184 Å². The van der Waals surface area contributed by atoms with E-state index in [1.54, 1.807) is 30.0 Å². The summed E-state index contributed by atoms with van der Waals surface area (Å²) < 4.78 is 26.3. The zero-order valence-corrected chi connectivity index (χ0v) is 18.9. The van der Waals surface area contributed by atoms with E-state index in [9.17, 15) is 18.3 Å². The molecule has 0 bridgehead atoms. The number of carbonyl (C=O) groups is 1. The summed E-state index contributed by atoms with van der Waals surface area (Å²) >= 11 is 0. The Balaban J connectivity index is 1.64. The fourth-order valence-corrected chi connectivity index (χ4v) is 7.27. The van der Waals surface area contributed by atoms with Gasteiger partial charge in [0, 0.05) is 13.1 Å². The van der Waals surface area contributed by atoms with Crippen LogP contribution in [0.3, 0.4) is 0 Å². The lowest BCUT2D eigenvalue weighted by Crippen LogP contribution is -2.53. The molecular formula is C25H29NO4S. The van der Waals surface area contributed by atoms with Crippen LogP contribution < -0.4 is 0 Å². The molecule has 0 unspecified atom stereocenters. The summed E-state index contributed by atoms with van der Waals surface area (Å²) in [6, 6.07) is 12.5. The van der Waals surface area contributed by atoms with E-state index in [0.717, 1.165) is 29.5 Å². The summed E-state index contributed by atoms with van der Waals surface area (Å²) in [6.07, 6.45) is 4.92. The van der Waals surface area contributed by atoms with Gasteiger partial charge < -0.3 is 10.0 Å². The van der Waals surface area contributed by atoms with Crippen LogP contribution in [0.5, 0.6) is 5.75 Å². The largest absolute Gasteiger partial charge is 0.508 e. The van der Waals surface area contributed by atoms with Gasteiger partial charge in [0.1, 0.15) is 5.75 Å². The molecule has 4 rings (SSSR count). The molecule has 2 aliphatic rings. The van der Waals surface area contributed by atoms with Gasteiger partial charge in [-0.15, -0.1) is 0 Å². The SMILES string of the molecule is Cc1ccc(C)c(S(=O)(=O)C2(C(=O)N3CC=C(c4ccc(O)cc4)CC3)CCCC2)c1. The number of aromatic hydroxyl groups is 1. The Hall–Kier alpha value is -2.60. The van der Waals surface area contributed by atoms with Crippen LogP contribution in [0.15, 0.2) is 53.4 Å². The number of benzene rings is 2. The molecule has 1 aliphatic heterocycles. The second-order valence-corrected chi connectivity index (χ2v) is 11.0. The number of hydrogen-bond donors (Lipinski definition) is 1. The highest BCUT2D eigenvalue weighted by molar-refractivity contribution is 7.93. The van der Waals surface area contributed by atoms with Crippen LogP contribution in [0.1, 0.15) is 48.8 Å². The first-order chi connectivity index (χ1) is 14.7. The molecule has 1 N–H and O–H groups in total. The van der Waals surface area contributed by atoms with Crippen molar-refractivity contribution in [3.63, 3.8) is 0 Å². The molecule has 0 atom stereocenters. The van der Waals surface area contributed by atoms with Crippen LogP contribution >= 0.6 is 0 Å². The van der Waals surface area contributed by atoms with Crippen molar-refractivity contribution in [2.45, 2.75) is 55.6 Å². The molecule has 0 aromatic heterocycles. The van der Waals surface area contributed by atoms with Crippen molar-refractivity contribution in [1.82, 2.24) is 4.90 Å². The molecule has 1 amide bonds. The van der Waals surface area contributed by atoms with Gasteiger partial charge in [0.25, 0.3) is 0 Å². The molecule has 1 aliphatic carbocycles. The van der Waals surface area contributed by atoms with E-state index >= 15 is 0 Å². The maximum Gasteiger partial charge on any atom is 0.244 e. The maximum absolute atomic E-state index is 13.8. The lowest BCUT2D eigenvalue weighted by Gasteiger charge is -2.36. The first-order valence-electron chi connectivity index (χ1n) is 10.8. The van der Waals surface area contributed by atoms with Gasteiger partial charge in [-0.05, 0) is 73.6 Å². The summed E-state index contributed by atoms with van der Waals surface area (Å²) in [5.74, 6) is -0.0382. The van der Waals surface area contributed by atoms with Crippen molar-refractivity contribution >= 4 is 21.3 Å². The Morgan fingerprint density at radius 2 is 1.71 bits per heavy atom. The van der Waals surface area contributed by atoms with E-state index in [1.807, 2.05) is 37.3 Å². The molecule has 6 heteroatoms. The molecule has 2 aromatic carbocycles. The fraction of sp³-hybridized carbons (Fsp3) is 0.400. The minimum atomic E-state index is -3.81. The number of phenols is 1. The topological polar surface area (TPSA) is 74.7 Å².